The summed E-state index contributed by atoms with van der Waals surface area (Å²) in [7, 11) is 0. The molecule has 0 aliphatic rings. The molecule has 0 bridgehead atoms. The smallest absolute Gasteiger partial charge is 0.354 e. The molecule has 9 heteroatoms. The van der Waals surface area contributed by atoms with E-state index in [4.69, 9.17) is 22.7 Å². The van der Waals surface area contributed by atoms with Crippen LogP contribution in [0.15, 0.2) is 66.2 Å². The second-order valence-electron chi connectivity index (χ2n) is 6.01. The molecule has 4 aromatic rings. The van der Waals surface area contributed by atoms with Crippen LogP contribution in [0.2, 0.25) is 0 Å². The standard InChI is InChI=1S/C16H13N2O2S.C7H6NS.2W/c1-2-20-16(19)13-8-12(9-17-13)14-10-21-15(18-14)11-6-4-3-5-7-11;8-7(9)6-4-2-1-3-5-6;;/h3-4,6-10,17H,2H2,1H3;1-2,4-5H,(H2,8,9);;/q2*-1;;. The number of hydrogen-bond acceptors (Lipinski definition) is 5. The summed E-state index contributed by atoms with van der Waals surface area (Å²) in [6.45, 7) is 2.14. The molecular weight excluding hydrogens is 782 g/mol. The van der Waals surface area contributed by atoms with Gasteiger partial charge in [0, 0.05) is 64.3 Å². The number of aromatic nitrogens is 2. The molecule has 0 atom stereocenters. The van der Waals surface area contributed by atoms with Crippen molar-refractivity contribution in [2.24, 2.45) is 5.73 Å². The number of ether oxygens (including phenoxy) is 1. The van der Waals surface area contributed by atoms with Crippen LogP contribution in [-0.4, -0.2) is 27.5 Å². The Hall–Kier alpha value is -1.91. The Kier molecular flexibility index (Phi) is 12.5. The van der Waals surface area contributed by atoms with Crippen LogP contribution in [0.3, 0.4) is 0 Å². The third kappa shape index (κ3) is 7.90. The second kappa shape index (κ2) is 14.3. The third-order valence-corrected chi connectivity index (χ3v) is 5.05. The Morgan fingerprint density at radius 1 is 1.19 bits per heavy atom. The predicted octanol–water partition coefficient (Wildman–Crippen LogP) is 4.90. The van der Waals surface area contributed by atoms with E-state index in [1.165, 1.54) is 0 Å². The molecule has 0 radical (unpaired) electrons. The zero-order valence-electron chi connectivity index (χ0n) is 17.0. The molecule has 0 amide bonds. The van der Waals surface area contributed by atoms with Crippen molar-refractivity contribution < 1.29 is 51.7 Å². The van der Waals surface area contributed by atoms with Gasteiger partial charge in [-0.05, 0) is 13.0 Å². The van der Waals surface area contributed by atoms with E-state index in [1.54, 1.807) is 36.6 Å². The molecule has 0 spiro atoms. The molecule has 2 aromatic heterocycles. The summed E-state index contributed by atoms with van der Waals surface area (Å²) in [6.07, 6.45) is 1.77. The van der Waals surface area contributed by atoms with E-state index >= 15 is 0 Å². The maximum atomic E-state index is 11.6. The Morgan fingerprint density at radius 3 is 2.47 bits per heavy atom. The summed E-state index contributed by atoms with van der Waals surface area (Å²) in [5.41, 5.74) is 9.38. The first-order valence-corrected chi connectivity index (χ1v) is 10.4. The first kappa shape index (κ1) is 28.1. The van der Waals surface area contributed by atoms with Crippen LogP contribution >= 0.6 is 23.6 Å². The van der Waals surface area contributed by atoms with E-state index in [-0.39, 0.29) is 48.1 Å². The van der Waals surface area contributed by atoms with E-state index in [9.17, 15) is 4.79 Å². The van der Waals surface area contributed by atoms with E-state index in [0.717, 1.165) is 27.4 Å². The van der Waals surface area contributed by atoms with Gasteiger partial charge in [-0.3, -0.25) is 0 Å². The summed E-state index contributed by atoms with van der Waals surface area (Å²) < 4.78 is 4.96. The molecule has 5 nitrogen and oxygen atoms in total. The van der Waals surface area contributed by atoms with Gasteiger partial charge in [0.2, 0.25) is 0 Å². The molecule has 0 saturated heterocycles. The van der Waals surface area contributed by atoms with E-state index in [0.29, 0.717) is 17.3 Å². The fourth-order valence-electron chi connectivity index (χ4n) is 2.48. The molecule has 0 aliphatic heterocycles. The minimum atomic E-state index is -0.350. The van der Waals surface area contributed by atoms with Crippen LogP contribution in [0.5, 0.6) is 0 Å². The number of aromatic amines is 1. The Labute approximate surface area is 225 Å². The fraction of sp³-hybridized carbons (Fsp3) is 0.0870. The number of esters is 1. The molecule has 2 aromatic carbocycles. The summed E-state index contributed by atoms with van der Waals surface area (Å²) in [6, 6.07) is 22.7. The number of thiazole rings is 1. The SMILES string of the molecule is CCOC(=O)c1cc(-c2csc(-c3c[c-]ccc3)n2)c[nH]1.NC(=S)c1c[c-]ccc1.[W].[W]. The van der Waals surface area contributed by atoms with Crippen molar-refractivity contribution in [3.8, 4) is 21.8 Å². The van der Waals surface area contributed by atoms with Gasteiger partial charge < -0.3 is 15.5 Å². The number of hydrogen-bond donors (Lipinski definition) is 2. The quantitative estimate of drug-likeness (QED) is 0.171. The van der Waals surface area contributed by atoms with Crippen molar-refractivity contribution in [3.05, 3.63) is 89.6 Å². The molecule has 0 unspecified atom stereocenters. The van der Waals surface area contributed by atoms with Crippen molar-refractivity contribution in [2.75, 3.05) is 6.61 Å². The minimum Gasteiger partial charge on any atom is -0.461 e. The predicted molar refractivity (Wildman–Crippen MR) is 123 cm³/mol. The maximum absolute atomic E-state index is 11.6. The fourth-order valence-corrected chi connectivity index (χ4v) is 3.43. The molecule has 0 saturated carbocycles. The zero-order chi connectivity index (χ0) is 21.3. The largest absolute Gasteiger partial charge is 0.461 e. The van der Waals surface area contributed by atoms with Gasteiger partial charge in [-0.1, -0.05) is 17.8 Å². The van der Waals surface area contributed by atoms with Gasteiger partial charge in [0.05, 0.1) is 17.3 Å². The van der Waals surface area contributed by atoms with Crippen LogP contribution in [0.4, 0.5) is 0 Å². The number of nitrogens with zero attached hydrogens (tertiary/aromatic N) is 1. The number of thiocarbonyl (C=S) groups is 1. The van der Waals surface area contributed by atoms with Gasteiger partial charge in [-0.25, -0.2) is 9.78 Å². The molecular formula is C23H19N3O2S2W2-2. The average molecular weight is 801 g/mol. The number of carbonyl (C=O) groups excluding carboxylic acids is 1. The van der Waals surface area contributed by atoms with Gasteiger partial charge in [0.25, 0.3) is 0 Å². The van der Waals surface area contributed by atoms with Gasteiger partial charge in [-0.2, -0.15) is 60.7 Å². The van der Waals surface area contributed by atoms with E-state index in [1.807, 2.05) is 47.8 Å². The van der Waals surface area contributed by atoms with Crippen LogP contribution in [-0.2, 0) is 46.9 Å². The van der Waals surface area contributed by atoms with Crippen LogP contribution < -0.4 is 5.73 Å². The minimum absolute atomic E-state index is 0. The van der Waals surface area contributed by atoms with Gasteiger partial charge in [-0.15, -0.1) is 16.9 Å². The summed E-state index contributed by atoms with van der Waals surface area (Å²) >= 11 is 6.28. The van der Waals surface area contributed by atoms with Crippen molar-refractivity contribution >= 4 is 34.5 Å². The molecule has 164 valence electrons. The van der Waals surface area contributed by atoms with Gasteiger partial charge in [0.15, 0.2) is 0 Å². The van der Waals surface area contributed by atoms with Gasteiger partial charge in [0.1, 0.15) is 5.69 Å². The van der Waals surface area contributed by atoms with E-state index < -0.39 is 0 Å². The topological polar surface area (TPSA) is 81.0 Å². The maximum Gasteiger partial charge on any atom is 0.354 e. The first-order valence-electron chi connectivity index (χ1n) is 9.12. The average Bonchev–Trinajstić information content (AvgIpc) is 3.46. The van der Waals surface area contributed by atoms with Crippen molar-refractivity contribution in [1.82, 2.24) is 9.97 Å². The first-order chi connectivity index (χ1) is 14.6. The Morgan fingerprint density at radius 2 is 1.91 bits per heavy atom. The molecule has 32 heavy (non-hydrogen) atoms. The second-order valence-corrected chi connectivity index (χ2v) is 7.31. The molecule has 0 aliphatic carbocycles. The summed E-state index contributed by atoms with van der Waals surface area (Å²) in [5.74, 6) is -0.350. The monoisotopic (exact) mass is 801 g/mol. The van der Waals surface area contributed by atoms with Gasteiger partial charge >= 0.3 is 5.97 Å². The summed E-state index contributed by atoms with van der Waals surface area (Å²) in [4.78, 5) is 19.6. The zero-order valence-corrected chi connectivity index (χ0v) is 24.5. The number of benzene rings is 2. The molecule has 2 heterocycles. The molecule has 3 N–H and O–H groups in total. The van der Waals surface area contributed by atoms with Crippen LogP contribution in [0, 0.1) is 12.1 Å². The number of H-pyrrole nitrogens is 1. The van der Waals surface area contributed by atoms with E-state index in [2.05, 4.69) is 22.1 Å². The Balaban J connectivity index is 0.000000397. The van der Waals surface area contributed by atoms with Crippen molar-refractivity contribution in [1.29, 1.82) is 0 Å². The third-order valence-electron chi connectivity index (χ3n) is 3.92. The molecule has 0 fully saturated rings. The number of rotatable bonds is 5. The molecule has 4 rings (SSSR count). The number of nitrogens with one attached hydrogen (secondary N) is 1. The van der Waals surface area contributed by atoms with Crippen LogP contribution in [0.1, 0.15) is 23.0 Å². The number of nitrogens with two attached hydrogens (primary N) is 1. The van der Waals surface area contributed by atoms with Crippen molar-refractivity contribution in [2.45, 2.75) is 6.92 Å². The van der Waals surface area contributed by atoms with Crippen LogP contribution in [0.25, 0.3) is 21.8 Å². The Bertz CT molecular complexity index is 1120. The summed E-state index contributed by atoms with van der Waals surface area (Å²) in [5, 5.41) is 2.90. The number of carbonyl (C=O) groups is 1. The normalized spacial score (nSPS) is 9.41. The van der Waals surface area contributed by atoms with Crippen molar-refractivity contribution in [3.63, 3.8) is 0 Å².